The number of hydrogen-bond acceptors (Lipinski definition) is 4. The van der Waals surface area contributed by atoms with Crippen LogP contribution >= 0.6 is 0 Å². The van der Waals surface area contributed by atoms with Gasteiger partial charge in [-0.3, -0.25) is 4.79 Å². The number of piperidine rings is 1. The number of benzene rings is 1. The molecule has 0 unspecified atom stereocenters. The molecular formula is C14H19NO4. The van der Waals surface area contributed by atoms with Crippen LogP contribution in [0.25, 0.3) is 0 Å². The van der Waals surface area contributed by atoms with E-state index in [1.807, 2.05) is 6.92 Å². The number of phenolic OH excluding ortho intramolecular Hbond substituents is 2. The molecule has 2 N–H and O–H groups in total. The minimum Gasteiger partial charge on any atom is -0.508 e. The molecule has 1 aliphatic rings. The third-order valence-corrected chi connectivity index (χ3v) is 3.28. The second-order valence-electron chi connectivity index (χ2n) is 4.68. The van der Waals surface area contributed by atoms with Crippen LogP contribution in [-0.4, -0.2) is 46.8 Å². The Kier molecular flexibility index (Phi) is 4.27. The lowest BCUT2D eigenvalue weighted by molar-refractivity contribution is 0.0146. The molecule has 1 amide bonds. The Morgan fingerprint density at radius 3 is 2.37 bits per heavy atom. The molecule has 0 bridgehead atoms. The summed E-state index contributed by atoms with van der Waals surface area (Å²) in [6.07, 6.45) is 1.88. The first-order valence-corrected chi connectivity index (χ1v) is 6.54. The van der Waals surface area contributed by atoms with E-state index in [2.05, 4.69) is 0 Å². The number of ether oxygens (including phenoxy) is 1. The second-order valence-corrected chi connectivity index (χ2v) is 4.68. The van der Waals surface area contributed by atoms with Gasteiger partial charge in [-0.15, -0.1) is 0 Å². The molecule has 2 rings (SSSR count). The Labute approximate surface area is 112 Å². The normalized spacial score (nSPS) is 16.6. The fourth-order valence-electron chi connectivity index (χ4n) is 2.36. The molecule has 0 atom stereocenters. The highest BCUT2D eigenvalue weighted by molar-refractivity contribution is 5.95. The number of aromatic hydroxyl groups is 2. The standard InChI is InChI=1S/C14H19NO4/c1-2-19-13-3-5-15(6-4-13)14(18)10-7-11(16)9-12(17)8-10/h7-9,13,16-17H,2-6H2,1H3. The molecule has 104 valence electrons. The number of likely N-dealkylation sites (tertiary alicyclic amines) is 1. The lowest BCUT2D eigenvalue weighted by Gasteiger charge is -2.31. The minimum absolute atomic E-state index is 0.104. The highest BCUT2D eigenvalue weighted by atomic mass is 16.5. The van der Waals surface area contributed by atoms with E-state index in [0.29, 0.717) is 25.3 Å². The molecule has 1 aromatic carbocycles. The van der Waals surface area contributed by atoms with E-state index in [0.717, 1.165) is 12.8 Å². The van der Waals surface area contributed by atoms with Crippen molar-refractivity contribution >= 4 is 5.91 Å². The molecule has 1 heterocycles. The molecule has 0 spiro atoms. The zero-order valence-electron chi connectivity index (χ0n) is 11.0. The monoisotopic (exact) mass is 265 g/mol. The average molecular weight is 265 g/mol. The van der Waals surface area contributed by atoms with Gasteiger partial charge in [0, 0.05) is 31.3 Å². The summed E-state index contributed by atoms with van der Waals surface area (Å²) < 4.78 is 5.54. The first kappa shape index (κ1) is 13.7. The summed E-state index contributed by atoms with van der Waals surface area (Å²) in [5.41, 5.74) is 0.312. The van der Waals surface area contributed by atoms with Crippen molar-refractivity contribution in [2.24, 2.45) is 0 Å². The van der Waals surface area contributed by atoms with E-state index in [9.17, 15) is 15.0 Å². The van der Waals surface area contributed by atoms with Gasteiger partial charge in [-0.1, -0.05) is 0 Å². The summed E-state index contributed by atoms with van der Waals surface area (Å²) in [5.74, 6) is -0.374. The van der Waals surface area contributed by atoms with E-state index in [4.69, 9.17) is 4.74 Å². The van der Waals surface area contributed by atoms with Gasteiger partial charge < -0.3 is 19.8 Å². The first-order chi connectivity index (χ1) is 9.10. The number of amides is 1. The Hall–Kier alpha value is -1.75. The van der Waals surface area contributed by atoms with Gasteiger partial charge in [0.1, 0.15) is 11.5 Å². The summed E-state index contributed by atoms with van der Waals surface area (Å²) >= 11 is 0. The number of rotatable bonds is 3. The third kappa shape index (κ3) is 3.38. The summed E-state index contributed by atoms with van der Waals surface area (Å²) in [6, 6.07) is 3.95. The summed E-state index contributed by atoms with van der Waals surface area (Å²) in [7, 11) is 0. The molecule has 0 aliphatic carbocycles. The first-order valence-electron chi connectivity index (χ1n) is 6.54. The van der Waals surface area contributed by atoms with Crippen LogP contribution in [0.5, 0.6) is 11.5 Å². The maximum Gasteiger partial charge on any atom is 0.254 e. The average Bonchev–Trinajstić information content (AvgIpc) is 2.38. The quantitative estimate of drug-likeness (QED) is 0.873. The van der Waals surface area contributed by atoms with Crippen LogP contribution in [-0.2, 0) is 4.74 Å². The van der Waals surface area contributed by atoms with Gasteiger partial charge in [-0.2, -0.15) is 0 Å². The maximum absolute atomic E-state index is 12.2. The molecule has 5 heteroatoms. The molecule has 1 fully saturated rings. The van der Waals surface area contributed by atoms with Crippen molar-refractivity contribution < 1.29 is 19.7 Å². The van der Waals surface area contributed by atoms with Crippen molar-refractivity contribution in [3.05, 3.63) is 23.8 Å². The van der Waals surface area contributed by atoms with Crippen molar-refractivity contribution in [1.82, 2.24) is 4.90 Å². The smallest absolute Gasteiger partial charge is 0.254 e. The van der Waals surface area contributed by atoms with Gasteiger partial charge in [0.25, 0.3) is 5.91 Å². The fourth-order valence-corrected chi connectivity index (χ4v) is 2.36. The second kappa shape index (κ2) is 5.93. The topological polar surface area (TPSA) is 70.0 Å². The molecule has 1 aromatic rings. The SMILES string of the molecule is CCOC1CCN(C(=O)c2cc(O)cc(O)c2)CC1. The van der Waals surface area contributed by atoms with Crippen LogP contribution in [0.4, 0.5) is 0 Å². The largest absolute Gasteiger partial charge is 0.508 e. The van der Waals surface area contributed by atoms with Crippen molar-refractivity contribution in [1.29, 1.82) is 0 Å². The van der Waals surface area contributed by atoms with Gasteiger partial charge in [0.15, 0.2) is 0 Å². The Bertz CT molecular complexity index is 433. The summed E-state index contributed by atoms with van der Waals surface area (Å²) in [6.45, 7) is 3.94. The predicted octanol–water partition coefficient (Wildman–Crippen LogP) is 1.74. The zero-order chi connectivity index (χ0) is 13.8. The highest BCUT2D eigenvalue weighted by Crippen LogP contribution is 2.23. The zero-order valence-corrected chi connectivity index (χ0v) is 11.0. The number of phenols is 2. The van der Waals surface area contributed by atoms with Crippen molar-refractivity contribution in [2.75, 3.05) is 19.7 Å². The van der Waals surface area contributed by atoms with Crippen LogP contribution in [0.1, 0.15) is 30.1 Å². The highest BCUT2D eigenvalue weighted by Gasteiger charge is 2.24. The van der Waals surface area contributed by atoms with Crippen molar-refractivity contribution in [3.63, 3.8) is 0 Å². The van der Waals surface area contributed by atoms with Crippen LogP contribution in [0.3, 0.4) is 0 Å². The van der Waals surface area contributed by atoms with E-state index >= 15 is 0 Å². The molecule has 1 aliphatic heterocycles. The van der Waals surface area contributed by atoms with Gasteiger partial charge in [0.2, 0.25) is 0 Å². The van der Waals surface area contributed by atoms with Crippen molar-refractivity contribution in [3.8, 4) is 11.5 Å². The van der Waals surface area contributed by atoms with Crippen LogP contribution < -0.4 is 0 Å². The van der Waals surface area contributed by atoms with Crippen LogP contribution in [0.15, 0.2) is 18.2 Å². The van der Waals surface area contributed by atoms with Crippen LogP contribution in [0, 0.1) is 0 Å². The van der Waals surface area contributed by atoms with Crippen molar-refractivity contribution in [2.45, 2.75) is 25.9 Å². The number of carbonyl (C=O) groups is 1. The Morgan fingerprint density at radius 1 is 1.26 bits per heavy atom. The van der Waals surface area contributed by atoms with E-state index in [-0.39, 0.29) is 23.5 Å². The van der Waals surface area contributed by atoms with E-state index in [1.165, 1.54) is 18.2 Å². The third-order valence-electron chi connectivity index (χ3n) is 3.28. The lowest BCUT2D eigenvalue weighted by atomic mass is 10.1. The molecular weight excluding hydrogens is 246 g/mol. The Balaban J connectivity index is 2.01. The fraction of sp³-hybridized carbons (Fsp3) is 0.500. The number of nitrogens with zero attached hydrogens (tertiary/aromatic N) is 1. The Morgan fingerprint density at radius 2 is 1.84 bits per heavy atom. The molecule has 0 radical (unpaired) electrons. The molecule has 1 saturated heterocycles. The van der Waals surface area contributed by atoms with E-state index < -0.39 is 0 Å². The predicted molar refractivity (Wildman–Crippen MR) is 70.3 cm³/mol. The van der Waals surface area contributed by atoms with Gasteiger partial charge in [-0.25, -0.2) is 0 Å². The lowest BCUT2D eigenvalue weighted by Crippen LogP contribution is -2.40. The minimum atomic E-state index is -0.166. The van der Waals surface area contributed by atoms with Gasteiger partial charge in [0.05, 0.1) is 6.10 Å². The number of hydrogen-bond donors (Lipinski definition) is 2. The summed E-state index contributed by atoms with van der Waals surface area (Å²) in [5, 5.41) is 18.8. The molecule has 0 aromatic heterocycles. The molecule has 5 nitrogen and oxygen atoms in total. The van der Waals surface area contributed by atoms with Gasteiger partial charge in [-0.05, 0) is 31.9 Å². The van der Waals surface area contributed by atoms with Gasteiger partial charge >= 0.3 is 0 Å². The van der Waals surface area contributed by atoms with Crippen LogP contribution in [0.2, 0.25) is 0 Å². The molecule has 0 saturated carbocycles. The van der Waals surface area contributed by atoms with E-state index in [1.54, 1.807) is 4.90 Å². The summed E-state index contributed by atoms with van der Waals surface area (Å²) in [4.78, 5) is 14.0. The maximum atomic E-state index is 12.2. The number of carbonyl (C=O) groups excluding carboxylic acids is 1. The molecule has 19 heavy (non-hydrogen) atoms.